The number of carbonyl (C=O) groups excluding carboxylic acids is 3. The van der Waals surface area contributed by atoms with Crippen LogP contribution in [0.25, 0.3) is 0 Å². The van der Waals surface area contributed by atoms with E-state index < -0.39 is 29.7 Å². The molecular weight excluding hydrogens is 324 g/mol. The molecule has 0 aliphatic rings. The van der Waals surface area contributed by atoms with Gasteiger partial charge >= 0.3 is 17.9 Å². The molecule has 0 fully saturated rings. The topological polar surface area (TPSA) is 78.9 Å². The number of benzene rings is 1. The molecule has 0 aliphatic carbocycles. The summed E-state index contributed by atoms with van der Waals surface area (Å²) in [6, 6.07) is 9.36. The third kappa shape index (κ3) is 6.95. The van der Waals surface area contributed by atoms with E-state index in [9.17, 15) is 14.4 Å². The van der Waals surface area contributed by atoms with Gasteiger partial charge in [-0.05, 0) is 38.7 Å². The van der Waals surface area contributed by atoms with Crippen LogP contribution >= 0.6 is 0 Å². The van der Waals surface area contributed by atoms with E-state index in [1.54, 1.807) is 20.8 Å². The van der Waals surface area contributed by atoms with E-state index in [1.807, 2.05) is 30.3 Å². The molecule has 0 N–H and O–H groups in total. The van der Waals surface area contributed by atoms with Crippen LogP contribution in [0, 0.1) is 11.8 Å². The van der Waals surface area contributed by atoms with Crippen molar-refractivity contribution in [2.45, 2.75) is 33.6 Å². The summed E-state index contributed by atoms with van der Waals surface area (Å²) >= 11 is 0. The number of ether oxygens (including phenoxy) is 3. The Morgan fingerprint density at radius 1 is 0.840 bits per heavy atom. The van der Waals surface area contributed by atoms with Gasteiger partial charge in [0, 0.05) is 0 Å². The normalized spacial score (nSPS) is 11.7. The van der Waals surface area contributed by atoms with Crippen molar-refractivity contribution in [2.75, 3.05) is 19.8 Å². The summed E-state index contributed by atoms with van der Waals surface area (Å²) in [5.74, 6) is -3.57. The Hall–Kier alpha value is -2.37. The van der Waals surface area contributed by atoms with Crippen molar-refractivity contribution in [2.24, 2.45) is 11.8 Å². The largest absolute Gasteiger partial charge is 0.466 e. The highest BCUT2D eigenvalue weighted by molar-refractivity contribution is 5.95. The highest BCUT2D eigenvalue weighted by Crippen LogP contribution is 2.25. The lowest BCUT2D eigenvalue weighted by molar-refractivity contribution is -0.165. The molecule has 0 heterocycles. The Labute approximate surface area is 148 Å². The van der Waals surface area contributed by atoms with Gasteiger partial charge in [-0.25, -0.2) is 0 Å². The summed E-state index contributed by atoms with van der Waals surface area (Å²) in [6.07, 6.45) is 0.299. The van der Waals surface area contributed by atoms with Crippen LogP contribution in [0.15, 0.2) is 30.3 Å². The third-order valence-electron chi connectivity index (χ3n) is 3.63. The molecule has 0 spiro atoms. The Balaban J connectivity index is 3.09. The molecule has 1 rings (SSSR count). The van der Waals surface area contributed by atoms with Gasteiger partial charge in [0.15, 0.2) is 5.92 Å². The maximum Gasteiger partial charge on any atom is 0.320 e. The van der Waals surface area contributed by atoms with Crippen LogP contribution in [-0.2, 0) is 35.0 Å². The lowest BCUT2D eigenvalue weighted by Gasteiger charge is -2.23. The van der Waals surface area contributed by atoms with Gasteiger partial charge < -0.3 is 14.2 Å². The van der Waals surface area contributed by atoms with Crippen LogP contribution < -0.4 is 0 Å². The van der Waals surface area contributed by atoms with E-state index in [0.29, 0.717) is 6.42 Å². The molecule has 0 aliphatic heterocycles. The summed E-state index contributed by atoms with van der Waals surface area (Å²) < 4.78 is 15.1. The highest BCUT2D eigenvalue weighted by Gasteiger charge is 2.38. The minimum Gasteiger partial charge on any atom is -0.466 e. The molecule has 0 saturated carbocycles. The smallest absolute Gasteiger partial charge is 0.320 e. The zero-order valence-electron chi connectivity index (χ0n) is 15.0. The first-order chi connectivity index (χ1) is 12.0. The van der Waals surface area contributed by atoms with E-state index in [1.165, 1.54) is 0 Å². The molecule has 0 bridgehead atoms. The molecule has 0 amide bonds. The van der Waals surface area contributed by atoms with Gasteiger partial charge in [0.2, 0.25) is 0 Å². The van der Waals surface area contributed by atoms with Gasteiger partial charge in [-0.15, -0.1) is 0 Å². The second-order valence-electron chi connectivity index (χ2n) is 5.44. The fourth-order valence-electron chi connectivity index (χ4n) is 2.60. The number of hydrogen-bond acceptors (Lipinski definition) is 6. The first kappa shape index (κ1) is 20.7. The highest BCUT2D eigenvalue weighted by atomic mass is 16.6. The molecule has 0 aromatic heterocycles. The lowest BCUT2D eigenvalue weighted by atomic mass is 9.84. The zero-order chi connectivity index (χ0) is 18.7. The van der Waals surface area contributed by atoms with Crippen molar-refractivity contribution in [1.82, 2.24) is 0 Å². The summed E-state index contributed by atoms with van der Waals surface area (Å²) in [5, 5.41) is 0. The fourth-order valence-corrected chi connectivity index (χ4v) is 2.60. The van der Waals surface area contributed by atoms with Crippen LogP contribution in [0.4, 0.5) is 0 Å². The molecule has 0 radical (unpaired) electrons. The van der Waals surface area contributed by atoms with Crippen LogP contribution in [0.1, 0.15) is 32.8 Å². The molecule has 6 nitrogen and oxygen atoms in total. The number of hydrogen-bond donors (Lipinski definition) is 0. The summed E-state index contributed by atoms with van der Waals surface area (Å²) in [6.45, 7) is 5.56. The minimum absolute atomic E-state index is 0.0645. The monoisotopic (exact) mass is 350 g/mol. The van der Waals surface area contributed by atoms with Crippen LogP contribution in [0.2, 0.25) is 0 Å². The first-order valence-corrected chi connectivity index (χ1v) is 8.56. The number of carbonyl (C=O) groups is 3. The standard InChI is InChI=1S/C19H26O6/c1-4-23-16(20)13-15(12-14-10-8-7-9-11-14)17(18(21)24-5-2)19(22)25-6-3/h7-11,15,17H,4-6,12-13H2,1-3H3. The predicted octanol–water partition coefficient (Wildman–Crippen LogP) is 2.54. The Morgan fingerprint density at radius 3 is 1.84 bits per heavy atom. The molecule has 138 valence electrons. The average molecular weight is 350 g/mol. The SMILES string of the molecule is CCOC(=O)CC(Cc1ccccc1)C(C(=O)OCC)C(=O)OCC. The third-order valence-corrected chi connectivity index (χ3v) is 3.63. The van der Waals surface area contributed by atoms with Crippen molar-refractivity contribution in [1.29, 1.82) is 0 Å². The van der Waals surface area contributed by atoms with Gasteiger partial charge in [0.25, 0.3) is 0 Å². The molecule has 1 aromatic carbocycles. The second kappa shape index (κ2) is 11.2. The maximum atomic E-state index is 12.4. The van der Waals surface area contributed by atoms with Gasteiger partial charge in [-0.2, -0.15) is 0 Å². The predicted molar refractivity (Wildman–Crippen MR) is 91.6 cm³/mol. The van der Waals surface area contributed by atoms with E-state index in [-0.39, 0.29) is 26.2 Å². The van der Waals surface area contributed by atoms with Gasteiger partial charge in [0.1, 0.15) is 0 Å². The van der Waals surface area contributed by atoms with E-state index in [4.69, 9.17) is 14.2 Å². The molecular formula is C19H26O6. The molecule has 1 aromatic rings. The molecule has 6 heteroatoms. The molecule has 1 unspecified atom stereocenters. The molecule has 1 atom stereocenters. The number of rotatable bonds is 10. The Morgan fingerprint density at radius 2 is 1.36 bits per heavy atom. The van der Waals surface area contributed by atoms with E-state index in [2.05, 4.69) is 0 Å². The minimum atomic E-state index is -1.16. The van der Waals surface area contributed by atoms with Crippen LogP contribution in [0.3, 0.4) is 0 Å². The van der Waals surface area contributed by atoms with Crippen LogP contribution in [0.5, 0.6) is 0 Å². The second-order valence-corrected chi connectivity index (χ2v) is 5.44. The van der Waals surface area contributed by atoms with Gasteiger partial charge in [0.05, 0.1) is 26.2 Å². The van der Waals surface area contributed by atoms with Crippen LogP contribution in [-0.4, -0.2) is 37.7 Å². The summed E-state index contributed by atoms with van der Waals surface area (Å²) in [4.78, 5) is 36.7. The first-order valence-electron chi connectivity index (χ1n) is 8.56. The van der Waals surface area contributed by atoms with E-state index >= 15 is 0 Å². The lowest BCUT2D eigenvalue weighted by Crippen LogP contribution is -2.37. The van der Waals surface area contributed by atoms with Crippen molar-refractivity contribution < 1.29 is 28.6 Å². The Kier molecular flexibility index (Phi) is 9.29. The van der Waals surface area contributed by atoms with Crippen molar-refractivity contribution in [3.05, 3.63) is 35.9 Å². The van der Waals surface area contributed by atoms with Crippen molar-refractivity contribution in [3.8, 4) is 0 Å². The maximum absolute atomic E-state index is 12.4. The van der Waals surface area contributed by atoms with Gasteiger partial charge in [-0.3, -0.25) is 14.4 Å². The van der Waals surface area contributed by atoms with Gasteiger partial charge in [-0.1, -0.05) is 30.3 Å². The molecule has 25 heavy (non-hydrogen) atoms. The molecule has 0 saturated heterocycles. The average Bonchev–Trinajstić information content (AvgIpc) is 2.56. The number of esters is 3. The zero-order valence-corrected chi connectivity index (χ0v) is 15.0. The summed E-state index contributed by atoms with van der Waals surface area (Å²) in [7, 11) is 0. The summed E-state index contributed by atoms with van der Waals surface area (Å²) in [5.41, 5.74) is 0.912. The fraction of sp³-hybridized carbons (Fsp3) is 0.526. The van der Waals surface area contributed by atoms with Crippen molar-refractivity contribution in [3.63, 3.8) is 0 Å². The Bertz CT molecular complexity index is 536. The van der Waals surface area contributed by atoms with Crippen molar-refractivity contribution >= 4 is 17.9 Å². The van der Waals surface area contributed by atoms with E-state index in [0.717, 1.165) is 5.56 Å². The quantitative estimate of drug-likeness (QED) is 0.366.